The molecule has 0 aliphatic rings. The van der Waals surface area contributed by atoms with Gasteiger partial charge in [0.1, 0.15) is 0 Å². The van der Waals surface area contributed by atoms with Gasteiger partial charge in [-0.25, -0.2) is 0 Å². The molecule has 0 aromatic heterocycles. The molecule has 0 spiro atoms. The first-order valence-electron chi connectivity index (χ1n) is 5.91. The maximum atomic E-state index is 11.5. The van der Waals surface area contributed by atoms with Gasteiger partial charge in [0.25, 0.3) is 0 Å². The molecule has 2 nitrogen and oxygen atoms in total. The van der Waals surface area contributed by atoms with Crippen LogP contribution in [-0.4, -0.2) is 24.9 Å². The van der Waals surface area contributed by atoms with Crippen LogP contribution in [0.2, 0.25) is 0 Å². The van der Waals surface area contributed by atoms with Crippen molar-refractivity contribution in [3.05, 3.63) is 35.4 Å². The van der Waals surface area contributed by atoms with Gasteiger partial charge in [0.2, 0.25) is 5.91 Å². The van der Waals surface area contributed by atoms with Crippen molar-refractivity contribution in [1.82, 2.24) is 4.90 Å². The second-order valence-corrected chi connectivity index (χ2v) is 4.38. The number of carbonyl (C=O) groups excluding carboxylic acids is 1. The second kappa shape index (κ2) is 6.31. The van der Waals surface area contributed by atoms with Gasteiger partial charge in [-0.15, -0.1) is 0 Å². The van der Waals surface area contributed by atoms with E-state index >= 15 is 0 Å². The summed E-state index contributed by atoms with van der Waals surface area (Å²) in [7, 11) is 3.58. The summed E-state index contributed by atoms with van der Waals surface area (Å²) in [5, 5.41) is 0. The van der Waals surface area contributed by atoms with Crippen molar-refractivity contribution in [2.75, 3.05) is 14.1 Å². The Balaban J connectivity index is 2.54. The van der Waals surface area contributed by atoms with Crippen LogP contribution in [0.3, 0.4) is 0 Å². The van der Waals surface area contributed by atoms with E-state index in [-0.39, 0.29) is 5.91 Å². The van der Waals surface area contributed by atoms with Crippen LogP contribution in [0.4, 0.5) is 0 Å². The first-order chi connectivity index (χ1) is 7.63. The molecule has 0 unspecified atom stereocenters. The molecule has 16 heavy (non-hydrogen) atoms. The Hall–Kier alpha value is -1.31. The van der Waals surface area contributed by atoms with Gasteiger partial charge in [0.05, 0.1) is 6.42 Å². The molecule has 1 rings (SSSR count). The number of hydrogen-bond acceptors (Lipinski definition) is 1. The van der Waals surface area contributed by atoms with Crippen molar-refractivity contribution >= 4 is 5.91 Å². The number of rotatable bonds is 5. The maximum Gasteiger partial charge on any atom is 0.226 e. The predicted molar refractivity (Wildman–Crippen MR) is 67.5 cm³/mol. The summed E-state index contributed by atoms with van der Waals surface area (Å²) < 4.78 is 0. The van der Waals surface area contributed by atoms with Crippen molar-refractivity contribution in [2.45, 2.75) is 32.6 Å². The highest BCUT2D eigenvalue weighted by molar-refractivity contribution is 5.78. The van der Waals surface area contributed by atoms with E-state index in [0.29, 0.717) is 6.42 Å². The number of benzene rings is 1. The average Bonchev–Trinajstić information content (AvgIpc) is 2.28. The zero-order chi connectivity index (χ0) is 12.0. The molecule has 0 radical (unpaired) electrons. The lowest BCUT2D eigenvalue weighted by Crippen LogP contribution is -2.23. The third kappa shape index (κ3) is 4.05. The van der Waals surface area contributed by atoms with Crippen LogP contribution < -0.4 is 0 Å². The fourth-order valence-electron chi connectivity index (χ4n) is 1.54. The third-order valence-corrected chi connectivity index (χ3v) is 2.70. The Morgan fingerprint density at radius 1 is 1.12 bits per heavy atom. The Morgan fingerprint density at radius 3 is 2.19 bits per heavy atom. The minimum Gasteiger partial charge on any atom is -0.349 e. The van der Waals surface area contributed by atoms with E-state index < -0.39 is 0 Å². The molecule has 0 heterocycles. The van der Waals surface area contributed by atoms with E-state index in [1.54, 1.807) is 19.0 Å². The Kier molecular flexibility index (Phi) is 5.03. The van der Waals surface area contributed by atoms with Crippen LogP contribution in [0, 0.1) is 0 Å². The molecule has 0 N–H and O–H groups in total. The summed E-state index contributed by atoms with van der Waals surface area (Å²) in [5.41, 5.74) is 2.46. The molecule has 0 bridgehead atoms. The molecular weight excluding hydrogens is 198 g/mol. The quantitative estimate of drug-likeness (QED) is 0.745. The molecule has 1 aromatic carbocycles. The first kappa shape index (κ1) is 12.8. The summed E-state index contributed by atoms with van der Waals surface area (Å²) in [4.78, 5) is 13.1. The topological polar surface area (TPSA) is 20.3 Å². The maximum absolute atomic E-state index is 11.5. The third-order valence-electron chi connectivity index (χ3n) is 2.70. The molecule has 2 heteroatoms. The number of likely N-dealkylation sites (N-methyl/N-ethyl adjacent to an activating group) is 1. The molecule has 88 valence electrons. The number of aryl methyl sites for hydroxylation is 1. The van der Waals surface area contributed by atoms with Crippen LogP contribution in [0.15, 0.2) is 24.3 Å². The minimum absolute atomic E-state index is 0.154. The molecule has 0 saturated carbocycles. The molecule has 1 aromatic rings. The average molecular weight is 219 g/mol. The normalized spacial score (nSPS) is 10.2. The van der Waals surface area contributed by atoms with Crippen LogP contribution in [0.1, 0.15) is 30.9 Å². The van der Waals surface area contributed by atoms with Crippen molar-refractivity contribution in [3.8, 4) is 0 Å². The van der Waals surface area contributed by atoms with Crippen LogP contribution in [-0.2, 0) is 17.6 Å². The molecule has 0 atom stereocenters. The van der Waals surface area contributed by atoms with Crippen molar-refractivity contribution < 1.29 is 4.79 Å². The number of nitrogens with zero attached hydrogens (tertiary/aromatic N) is 1. The highest BCUT2D eigenvalue weighted by atomic mass is 16.2. The molecule has 0 saturated heterocycles. The van der Waals surface area contributed by atoms with Gasteiger partial charge in [-0.1, -0.05) is 37.6 Å². The monoisotopic (exact) mass is 219 g/mol. The standard InChI is InChI=1S/C14H21NO/c1-4-5-6-12-7-9-13(10-8-12)11-14(16)15(2)3/h7-10H,4-6,11H2,1-3H3. The van der Waals surface area contributed by atoms with Gasteiger partial charge in [-0.3, -0.25) is 4.79 Å². The second-order valence-electron chi connectivity index (χ2n) is 4.38. The lowest BCUT2D eigenvalue weighted by molar-refractivity contribution is -0.127. The predicted octanol–water partition coefficient (Wildman–Crippen LogP) is 2.66. The van der Waals surface area contributed by atoms with Crippen molar-refractivity contribution in [2.24, 2.45) is 0 Å². The van der Waals surface area contributed by atoms with Crippen LogP contribution in [0.5, 0.6) is 0 Å². The highest BCUT2D eigenvalue weighted by Gasteiger charge is 2.04. The zero-order valence-electron chi connectivity index (χ0n) is 10.5. The van der Waals surface area contributed by atoms with E-state index in [4.69, 9.17) is 0 Å². The fraction of sp³-hybridized carbons (Fsp3) is 0.500. The van der Waals surface area contributed by atoms with E-state index in [0.717, 1.165) is 12.0 Å². The summed E-state index contributed by atoms with van der Waals surface area (Å²) in [6.07, 6.45) is 4.09. The summed E-state index contributed by atoms with van der Waals surface area (Å²) in [5.74, 6) is 0.154. The SMILES string of the molecule is CCCCc1ccc(CC(=O)N(C)C)cc1. The van der Waals surface area contributed by atoms with Gasteiger partial charge < -0.3 is 4.90 Å². The summed E-state index contributed by atoms with van der Waals surface area (Å²) in [6, 6.07) is 8.39. The fourth-order valence-corrected chi connectivity index (χ4v) is 1.54. The molecule has 0 aliphatic heterocycles. The van der Waals surface area contributed by atoms with E-state index in [1.807, 2.05) is 0 Å². The Bertz CT molecular complexity index is 327. The van der Waals surface area contributed by atoms with Gasteiger partial charge in [-0.05, 0) is 24.0 Å². The van der Waals surface area contributed by atoms with Gasteiger partial charge in [0.15, 0.2) is 0 Å². The largest absolute Gasteiger partial charge is 0.349 e. The Morgan fingerprint density at radius 2 is 1.69 bits per heavy atom. The van der Waals surface area contributed by atoms with E-state index in [9.17, 15) is 4.79 Å². The van der Waals surface area contributed by atoms with E-state index in [2.05, 4.69) is 31.2 Å². The van der Waals surface area contributed by atoms with Crippen LogP contribution >= 0.6 is 0 Å². The van der Waals surface area contributed by atoms with Gasteiger partial charge in [-0.2, -0.15) is 0 Å². The minimum atomic E-state index is 0.154. The van der Waals surface area contributed by atoms with E-state index in [1.165, 1.54) is 18.4 Å². The lowest BCUT2D eigenvalue weighted by atomic mass is 10.0. The number of amides is 1. The summed E-state index contributed by atoms with van der Waals surface area (Å²) >= 11 is 0. The highest BCUT2D eigenvalue weighted by Crippen LogP contribution is 2.09. The van der Waals surface area contributed by atoms with Crippen molar-refractivity contribution in [1.29, 1.82) is 0 Å². The Labute approximate surface area is 98.3 Å². The smallest absolute Gasteiger partial charge is 0.226 e. The molecule has 0 fully saturated rings. The van der Waals surface area contributed by atoms with Crippen LogP contribution in [0.25, 0.3) is 0 Å². The first-order valence-corrected chi connectivity index (χ1v) is 5.91. The molecule has 0 aliphatic carbocycles. The van der Waals surface area contributed by atoms with Gasteiger partial charge in [0, 0.05) is 14.1 Å². The molecule has 1 amide bonds. The number of hydrogen-bond donors (Lipinski definition) is 0. The summed E-state index contributed by atoms with van der Waals surface area (Å²) in [6.45, 7) is 2.20. The number of unbranched alkanes of at least 4 members (excludes halogenated alkanes) is 1. The van der Waals surface area contributed by atoms with Crippen molar-refractivity contribution in [3.63, 3.8) is 0 Å². The lowest BCUT2D eigenvalue weighted by Gasteiger charge is -2.10. The zero-order valence-corrected chi connectivity index (χ0v) is 10.5. The number of carbonyl (C=O) groups is 1. The van der Waals surface area contributed by atoms with Gasteiger partial charge >= 0.3 is 0 Å². The molecular formula is C14H21NO.